The largest absolute Gasteiger partial charge is 0.462 e. The number of rotatable bonds is 2. The first-order valence-corrected chi connectivity index (χ1v) is 9.10. The van der Waals surface area contributed by atoms with Crippen molar-refractivity contribution in [1.29, 1.82) is 0 Å². The highest BCUT2D eigenvalue weighted by molar-refractivity contribution is 5.76. The van der Waals surface area contributed by atoms with Crippen molar-refractivity contribution in [3.63, 3.8) is 0 Å². The minimum absolute atomic E-state index is 0.0684. The van der Waals surface area contributed by atoms with E-state index in [4.69, 9.17) is 9.47 Å². The van der Waals surface area contributed by atoms with Gasteiger partial charge >= 0.3 is 11.9 Å². The molecule has 2 aliphatic carbocycles. The van der Waals surface area contributed by atoms with Gasteiger partial charge < -0.3 is 24.8 Å². The molecule has 8 atom stereocenters. The van der Waals surface area contributed by atoms with Crippen molar-refractivity contribution in [1.82, 2.24) is 0 Å². The van der Waals surface area contributed by atoms with E-state index in [0.717, 1.165) is 0 Å². The molecule has 1 aliphatic heterocycles. The molecular weight excluding hydrogens is 340 g/mol. The number of esters is 2. The number of hydrogen-bond donors (Lipinski definition) is 3. The molecule has 0 aromatic rings. The molecule has 0 amide bonds. The molecule has 7 nitrogen and oxygen atoms in total. The Morgan fingerprint density at radius 2 is 1.88 bits per heavy atom. The van der Waals surface area contributed by atoms with E-state index in [1.54, 1.807) is 20.8 Å². The summed E-state index contributed by atoms with van der Waals surface area (Å²) in [5.41, 5.74) is -4.99. The zero-order chi connectivity index (χ0) is 19.7. The first-order valence-electron chi connectivity index (χ1n) is 9.10. The minimum Gasteiger partial charge on any atom is -0.462 e. The van der Waals surface area contributed by atoms with E-state index >= 15 is 0 Å². The van der Waals surface area contributed by atoms with Gasteiger partial charge in [0.25, 0.3) is 0 Å². The van der Waals surface area contributed by atoms with E-state index in [1.807, 2.05) is 0 Å². The summed E-state index contributed by atoms with van der Waals surface area (Å²) < 4.78 is 11.2. The maximum atomic E-state index is 12.3. The molecule has 1 heterocycles. The predicted molar refractivity (Wildman–Crippen MR) is 90.7 cm³/mol. The lowest BCUT2D eigenvalue weighted by Crippen LogP contribution is -2.60. The van der Waals surface area contributed by atoms with Gasteiger partial charge in [0.2, 0.25) is 0 Å². The molecule has 8 unspecified atom stereocenters. The van der Waals surface area contributed by atoms with E-state index in [1.165, 1.54) is 26.0 Å². The molecule has 1 saturated heterocycles. The average Bonchev–Trinajstić information content (AvgIpc) is 2.89. The zero-order valence-electron chi connectivity index (χ0n) is 15.8. The van der Waals surface area contributed by atoms with E-state index in [2.05, 4.69) is 0 Å². The molecule has 7 heteroatoms. The summed E-state index contributed by atoms with van der Waals surface area (Å²) in [5.74, 6) is -3.40. The Labute approximate surface area is 153 Å². The van der Waals surface area contributed by atoms with E-state index in [-0.39, 0.29) is 12.3 Å². The van der Waals surface area contributed by atoms with Crippen molar-refractivity contribution in [2.45, 2.75) is 70.1 Å². The predicted octanol–water partition coefficient (Wildman–Crippen LogP) is 0.555. The summed E-state index contributed by atoms with van der Waals surface area (Å²) in [6.07, 6.45) is 1.04. The second-order valence-electron chi connectivity index (χ2n) is 8.74. The second kappa shape index (κ2) is 5.78. The van der Waals surface area contributed by atoms with Gasteiger partial charge in [-0.1, -0.05) is 32.9 Å². The van der Waals surface area contributed by atoms with Crippen LogP contribution in [0.5, 0.6) is 0 Å². The fraction of sp³-hybridized carbons (Fsp3) is 0.789. The summed E-state index contributed by atoms with van der Waals surface area (Å²) in [5, 5.41) is 33.2. The van der Waals surface area contributed by atoms with Gasteiger partial charge in [0.1, 0.15) is 17.8 Å². The van der Waals surface area contributed by atoms with Crippen LogP contribution in [0.1, 0.15) is 41.0 Å². The molecule has 0 aromatic heterocycles. The Bertz CT molecular complexity index is 650. The first-order chi connectivity index (χ1) is 11.8. The second-order valence-corrected chi connectivity index (χ2v) is 8.74. The molecule has 1 saturated carbocycles. The van der Waals surface area contributed by atoms with Gasteiger partial charge in [-0.3, -0.25) is 9.59 Å². The normalized spacial score (nSPS) is 50.2. The third kappa shape index (κ3) is 2.60. The molecule has 3 N–H and O–H groups in total. The van der Waals surface area contributed by atoms with Crippen LogP contribution in [0.4, 0.5) is 0 Å². The lowest BCUT2D eigenvalue weighted by atomic mass is 9.70. The highest BCUT2D eigenvalue weighted by atomic mass is 16.6. The Balaban J connectivity index is 2.10. The average molecular weight is 368 g/mol. The van der Waals surface area contributed by atoms with E-state index in [0.29, 0.717) is 0 Å². The summed E-state index contributed by atoms with van der Waals surface area (Å²) in [7, 11) is 0. The van der Waals surface area contributed by atoms with Crippen LogP contribution in [0.25, 0.3) is 0 Å². The van der Waals surface area contributed by atoms with Crippen molar-refractivity contribution in [3.8, 4) is 0 Å². The van der Waals surface area contributed by atoms with Crippen molar-refractivity contribution in [2.24, 2.45) is 23.7 Å². The molecule has 146 valence electrons. The highest BCUT2D eigenvalue weighted by Crippen LogP contribution is 2.55. The fourth-order valence-corrected chi connectivity index (χ4v) is 4.73. The summed E-state index contributed by atoms with van der Waals surface area (Å²) >= 11 is 0. The molecule has 0 spiro atoms. The van der Waals surface area contributed by atoms with Gasteiger partial charge in [-0.2, -0.15) is 0 Å². The molecular formula is C19H28O7. The van der Waals surface area contributed by atoms with Crippen molar-refractivity contribution >= 4 is 11.9 Å². The molecule has 26 heavy (non-hydrogen) atoms. The monoisotopic (exact) mass is 368 g/mol. The number of fused-ring (bicyclic) bond motifs is 3. The Kier molecular flexibility index (Phi) is 4.29. The first kappa shape index (κ1) is 19.3. The number of aliphatic hydroxyl groups is 3. The van der Waals surface area contributed by atoms with Crippen LogP contribution in [0.3, 0.4) is 0 Å². The summed E-state index contributed by atoms with van der Waals surface area (Å²) in [6, 6.07) is 0. The van der Waals surface area contributed by atoms with E-state index < -0.39 is 58.7 Å². The topological polar surface area (TPSA) is 113 Å². The van der Waals surface area contributed by atoms with Gasteiger partial charge in [-0.25, -0.2) is 0 Å². The Morgan fingerprint density at radius 3 is 2.46 bits per heavy atom. The van der Waals surface area contributed by atoms with Crippen LogP contribution in [0.15, 0.2) is 12.2 Å². The molecule has 3 aliphatic rings. The Morgan fingerprint density at radius 1 is 1.27 bits per heavy atom. The van der Waals surface area contributed by atoms with Crippen LogP contribution in [-0.4, -0.2) is 56.3 Å². The molecule has 0 radical (unpaired) electrons. The van der Waals surface area contributed by atoms with Gasteiger partial charge in [0.05, 0.1) is 29.0 Å². The van der Waals surface area contributed by atoms with Crippen LogP contribution in [-0.2, 0) is 19.1 Å². The van der Waals surface area contributed by atoms with Gasteiger partial charge in [-0.15, -0.1) is 0 Å². The van der Waals surface area contributed by atoms with E-state index in [9.17, 15) is 24.9 Å². The third-order valence-electron chi connectivity index (χ3n) is 6.32. The maximum Gasteiger partial charge on any atom is 0.309 e. The molecule has 0 bridgehead atoms. The van der Waals surface area contributed by atoms with Crippen molar-refractivity contribution in [2.75, 3.05) is 0 Å². The molecule has 0 aromatic carbocycles. The SMILES string of the molecule is CC(C)C(=O)OC1CC(C)(O)C2(O)C=CC(C)(O)C2C2OC(=O)C(C)C12. The van der Waals surface area contributed by atoms with Crippen LogP contribution in [0.2, 0.25) is 0 Å². The summed E-state index contributed by atoms with van der Waals surface area (Å²) in [4.78, 5) is 24.5. The number of carbonyl (C=O) groups excluding carboxylic acids is 2. The maximum absolute atomic E-state index is 12.3. The quantitative estimate of drug-likeness (QED) is 0.482. The van der Waals surface area contributed by atoms with Crippen molar-refractivity contribution < 1.29 is 34.4 Å². The molecule has 2 fully saturated rings. The van der Waals surface area contributed by atoms with Gasteiger partial charge in [-0.05, 0) is 13.8 Å². The fourth-order valence-electron chi connectivity index (χ4n) is 4.73. The zero-order valence-corrected chi connectivity index (χ0v) is 15.8. The Hall–Kier alpha value is -1.44. The number of ether oxygens (including phenoxy) is 2. The van der Waals surface area contributed by atoms with Gasteiger partial charge in [0.15, 0.2) is 0 Å². The lowest BCUT2D eigenvalue weighted by molar-refractivity contribution is -0.191. The lowest BCUT2D eigenvalue weighted by Gasteiger charge is -2.44. The third-order valence-corrected chi connectivity index (χ3v) is 6.32. The smallest absolute Gasteiger partial charge is 0.309 e. The standard InChI is InChI=1S/C19H28O7/c1-9(2)15(20)25-11-8-18(5,23)19(24)7-6-17(4,22)14(19)13-12(11)10(3)16(21)26-13/h6-7,9-14,22-24H,8H2,1-5H3. The van der Waals surface area contributed by atoms with Crippen LogP contribution >= 0.6 is 0 Å². The van der Waals surface area contributed by atoms with Gasteiger partial charge in [0, 0.05) is 12.3 Å². The van der Waals surface area contributed by atoms with Crippen molar-refractivity contribution in [3.05, 3.63) is 12.2 Å². The molecule has 3 rings (SSSR count). The number of hydrogen-bond acceptors (Lipinski definition) is 7. The summed E-state index contributed by atoms with van der Waals surface area (Å²) in [6.45, 7) is 8.04. The highest BCUT2D eigenvalue weighted by Gasteiger charge is 2.69. The minimum atomic E-state index is -1.82. The van der Waals surface area contributed by atoms with Crippen LogP contribution in [0, 0.1) is 23.7 Å². The number of carbonyl (C=O) groups is 2. The van der Waals surface area contributed by atoms with Crippen LogP contribution < -0.4 is 0 Å².